The zero-order valence-electron chi connectivity index (χ0n) is 11.2. The summed E-state index contributed by atoms with van der Waals surface area (Å²) in [6.07, 6.45) is 4.25. The predicted molar refractivity (Wildman–Crippen MR) is 77.1 cm³/mol. The Hall–Kier alpha value is -1.13. The fraction of sp³-hybridized carbons (Fsp3) is 0.571. The maximum absolute atomic E-state index is 12.3. The van der Waals surface area contributed by atoms with Gasteiger partial charge in [0, 0.05) is 5.92 Å². The van der Waals surface area contributed by atoms with Crippen molar-refractivity contribution in [3.8, 4) is 0 Å². The highest BCUT2D eigenvalue weighted by Gasteiger charge is 2.30. The minimum atomic E-state index is 0.0221. The smallest absolute Gasteiger partial charge is 0.227 e. The fourth-order valence-electron chi connectivity index (χ4n) is 2.72. The first-order valence-corrected chi connectivity index (χ1v) is 7.13. The fourth-order valence-corrected chi connectivity index (χ4v) is 2.91. The molecule has 1 aromatic heterocycles. The van der Waals surface area contributed by atoms with Crippen molar-refractivity contribution in [2.75, 3.05) is 11.9 Å². The number of nitrogens with zero attached hydrogens (tertiary/aromatic N) is 1. The van der Waals surface area contributed by atoms with Crippen LogP contribution in [0.4, 0.5) is 5.69 Å². The Labute approximate surface area is 118 Å². The molecular formula is C14H20ClN3O. The van der Waals surface area contributed by atoms with E-state index in [9.17, 15) is 4.79 Å². The van der Waals surface area contributed by atoms with Crippen molar-refractivity contribution < 1.29 is 4.79 Å². The summed E-state index contributed by atoms with van der Waals surface area (Å²) < 4.78 is 0. The van der Waals surface area contributed by atoms with Gasteiger partial charge in [0.05, 0.1) is 11.4 Å². The van der Waals surface area contributed by atoms with Crippen LogP contribution in [0.1, 0.15) is 31.4 Å². The normalized spacial score (nSPS) is 23.1. The van der Waals surface area contributed by atoms with E-state index in [-0.39, 0.29) is 11.8 Å². The van der Waals surface area contributed by atoms with Crippen LogP contribution in [0, 0.1) is 18.8 Å². The molecule has 104 valence electrons. The van der Waals surface area contributed by atoms with Gasteiger partial charge in [-0.25, -0.2) is 4.98 Å². The minimum Gasteiger partial charge on any atom is -0.330 e. The van der Waals surface area contributed by atoms with Crippen LogP contribution in [0.15, 0.2) is 12.1 Å². The number of anilines is 1. The lowest BCUT2D eigenvalue weighted by atomic mass is 9.78. The average molecular weight is 282 g/mol. The van der Waals surface area contributed by atoms with Gasteiger partial charge in [-0.3, -0.25) is 4.79 Å². The van der Waals surface area contributed by atoms with Crippen molar-refractivity contribution in [1.29, 1.82) is 0 Å². The molecule has 0 spiro atoms. The summed E-state index contributed by atoms with van der Waals surface area (Å²) in [7, 11) is 0. The molecule has 0 bridgehead atoms. The van der Waals surface area contributed by atoms with Crippen LogP contribution in [0.25, 0.3) is 0 Å². The molecular weight excluding hydrogens is 262 g/mol. The van der Waals surface area contributed by atoms with Crippen molar-refractivity contribution in [3.05, 3.63) is 23.0 Å². The number of nitrogens with one attached hydrogen (secondary N) is 1. The Balaban J connectivity index is 2.07. The molecule has 1 aliphatic carbocycles. The molecule has 0 aliphatic heterocycles. The highest BCUT2D eigenvalue weighted by atomic mass is 35.5. The SMILES string of the molecule is Cc1nc(Cl)ccc1NC(=O)C1CCCCC1CN. The van der Waals surface area contributed by atoms with Gasteiger partial charge in [-0.15, -0.1) is 0 Å². The minimum absolute atomic E-state index is 0.0221. The number of halogens is 1. The summed E-state index contributed by atoms with van der Waals surface area (Å²) in [4.78, 5) is 16.5. The van der Waals surface area contributed by atoms with Gasteiger partial charge in [-0.2, -0.15) is 0 Å². The summed E-state index contributed by atoms with van der Waals surface area (Å²) in [5.74, 6) is 0.380. The predicted octanol–water partition coefficient (Wildman–Crippen LogP) is 2.75. The number of nitrogens with two attached hydrogens (primary N) is 1. The standard InChI is InChI=1S/C14H20ClN3O/c1-9-12(6-7-13(15)17-9)18-14(19)11-5-3-2-4-10(11)8-16/h6-7,10-11H,2-5,8,16H2,1H3,(H,18,19). The van der Waals surface area contributed by atoms with Gasteiger partial charge in [-0.1, -0.05) is 24.4 Å². The molecule has 1 saturated carbocycles. The molecule has 1 aromatic rings. The van der Waals surface area contributed by atoms with Crippen LogP contribution in [0.2, 0.25) is 5.15 Å². The quantitative estimate of drug-likeness (QED) is 0.837. The molecule has 0 aromatic carbocycles. The van der Waals surface area contributed by atoms with E-state index in [0.29, 0.717) is 17.6 Å². The number of carbonyl (C=O) groups is 1. The third-order valence-corrected chi connectivity index (χ3v) is 4.07. The van der Waals surface area contributed by atoms with Gasteiger partial charge < -0.3 is 11.1 Å². The van der Waals surface area contributed by atoms with E-state index in [1.54, 1.807) is 12.1 Å². The molecule has 4 nitrogen and oxygen atoms in total. The average Bonchev–Trinajstić information content (AvgIpc) is 2.41. The Bertz CT molecular complexity index is 464. The summed E-state index contributed by atoms with van der Waals surface area (Å²) in [5.41, 5.74) is 7.23. The Morgan fingerprint density at radius 3 is 2.89 bits per heavy atom. The van der Waals surface area contributed by atoms with Crippen LogP contribution in [-0.2, 0) is 4.79 Å². The molecule has 2 atom stereocenters. The zero-order valence-corrected chi connectivity index (χ0v) is 11.9. The van der Waals surface area contributed by atoms with E-state index >= 15 is 0 Å². The van der Waals surface area contributed by atoms with Gasteiger partial charge in [0.25, 0.3) is 0 Å². The number of carbonyl (C=O) groups excluding carboxylic acids is 1. The molecule has 5 heteroatoms. The number of aromatic nitrogens is 1. The Kier molecular flexibility index (Phi) is 4.77. The van der Waals surface area contributed by atoms with Crippen LogP contribution in [-0.4, -0.2) is 17.4 Å². The van der Waals surface area contributed by atoms with Crippen molar-refractivity contribution >= 4 is 23.2 Å². The molecule has 0 saturated heterocycles. The van der Waals surface area contributed by atoms with Crippen LogP contribution < -0.4 is 11.1 Å². The molecule has 19 heavy (non-hydrogen) atoms. The van der Waals surface area contributed by atoms with E-state index in [4.69, 9.17) is 17.3 Å². The van der Waals surface area contributed by atoms with E-state index in [1.807, 2.05) is 6.92 Å². The van der Waals surface area contributed by atoms with Gasteiger partial charge >= 0.3 is 0 Å². The Morgan fingerprint density at radius 2 is 2.21 bits per heavy atom. The lowest BCUT2D eigenvalue weighted by Crippen LogP contribution is -2.35. The van der Waals surface area contributed by atoms with Gasteiger partial charge in [0.2, 0.25) is 5.91 Å². The third kappa shape index (κ3) is 3.45. The van der Waals surface area contributed by atoms with Gasteiger partial charge in [0.15, 0.2) is 0 Å². The molecule has 1 aliphatic rings. The maximum atomic E-state index is 12.3. The monoisotopic (exact) mass is 281 g/mol. The topological polar surface area (TPSA) is 68.0 Å². The molecule has 2 unspecified atom stereocenters. The van der Waals surface area contributed by atoms with E-state index in [1.165, 1.54) is 6.42 Å². The van der Waals surface area contributed by atoms with E-state index in [2.05, 4.69) is 10.3 Å². The summed E-state index contributed by atoms with van der Waals surface area (Å²) in [6.45, 7) is 2.42. The van der Waals surface area contributed by atoms with E-state index < -0.39 is 0 Å². The lowest BCUT2D eigenvalue weighted by molar-refractivity contribution is -0.122. The molecule has 1 amide bonds. The number of amides is 1. The number of pyridine rings is 1. The molecule has 1 fully saturated rings. The van der Waals surface area contributed by atoms with Crippen molar-refractivity contribution in [1.82, 2.24) is 4.98 Å². The molecule has 1 heterocycles. The lowest BCUT2D eigenvalue weighted by Gasteiger charge is -2.29. The van der Waals surface area contributed by atoms with Gasteiger partial charge in [-0.05, 0) is 44.4 Å². The second kappa shape index (κ2) is 6.35. The summed E-state index contributed by atoms with van der Waals surface area (Å²) in [5, 5.41) is 3.39. The zero-order chi connectivity index (χ0) is 13.8. The summed E-state index contributed by atoms with van der Waals surface area (Å²) >= 11 is 5.81. The first-order valence-electron chi connectivity index (χ1n) is 6.76. The van der Waals surface area contributed by atoms with Crippen molar-refractivity contribution in [3.63, 3.8) is 0 Å². The number of rotatable bonds is 3. The Morgan fingerprint density at radius 1 is 1.47 bits per heavy atom. The number of hydrogen-bond donors (Lipinski definition) is 2. The third-order valence-electron chi connectivity index (χ3n) is 3.86. The largest absolute Gasteiger partial charge is 0.330 e. The highest BCUT2D eigenvalue weighted by Crippen LogP contribution is 2.30. The number of hydrogen-bond acceptors (Lipinski definition) is 3. The van der Waals surface area contributed by atoms with Crippen molar-refractivity contribution in [2.45, 2.75) is 32.6 Å². The molecule has 3 N–H and O–H groups in total. The van der Waals surface area contributed by atoms with Crippen LogP contribution >= 0.6 is 11.6 Å². The second-order valence-corrected chi connectivity index (χ2v) is 5.53. The van der Waals surface area contributed by atoms with Crippen LogP contribution in [0.5, 0.6) is 0 Å². The second-order valence-electron chi connectivity index (χ2n) is 5.14. The maximum Gasteiger partial charge on any atom is 0.227 e. The first kappa shape index (κ1) is 14.3. The number of aryl methyl sites for hydroxylation is 1. The molecule has 2 rings (SSSR count). The first-order chi connectivity index (χ1) is 9.11. The highest BCUT2D eigenvalue weighted by molar-refractivity contribution is 6.29. The van der Waals surface area contributed by atoms with E-state index in [0.717, 1.165) is 30.6 Å². The molecule has 0 radical (unpaired) electrons. The van der Waals surface area contributed by atoms with Gasteiger partial charge in [0.1, 0.15) is 5.15 Å². The van der Waals surface area contributed by atoms with Crippen molar-refractivity contribution in [2.24, 2.45) is 17.6 Å². The summed E-state index contributed by atoms with van der Waals surface area (Å²) in [6, 6.07) is 3.48. The van der Waals surface area contributed by atoms with Crippen LogP contribution in [0.3, 0.4) is 0 Å².